The van der Waals surface area contributed by atoms with Gasteiger partial charge < -0.3 is 5.32 Å². The molecule has 2 N–H and O–H groups in total. The maximum absolute atomic E-state index is 12.8. The monoisotopic (exact) mass is 479 g/mol. The first kappa shape index (κ1) is 22.6. The molecule has 1 saturated heterocycles. The Balaban J connectivity index is 1.31. The average molecular weight is 480 g/mol. The number of piperidine rings is 1. The molecule has 2 aliphatic heterocycles. The highest BCUT2D eigenvalue weighted by Gasteiger charge is 2.23. The van der Waals surface area contributed by atoms with Crippen molar-refractivity contribution in [3.63, 3.8) is 0 Å². The summed E-state index contributed by atoms with van der Waals surface area (Å²) in [6.45, 7) is 3.14. The molecule has 9 heteroatoms. The van der Waals surface area contributed by atoms with Crippen LogP contribution in [0.25, 0.3) is 0 Å². The molecule has 1 fully saturated rings. The number of hydrogen-bond donors (Lipinski definition) is 2. The summed E-state index contributed by atoms with van der Waals surface area (Å²) in [6.07, 6.45) is 2.32. The Morgan fingerprint density at radius 2 is 1.97 bits per heavy atom. The third-order valence-electron chi connectivity index (χ3n) is 5.69. The third kappa shape index (κ3) is 6.02. The summed E-state index contributed by atoms with van der Waals surface area (Å²) in [6, 6.07) is 12.8. The van der Waals surface area contributed by atoms with Crippen molar-refractivity contribution in [3.8, 4) is 0 Å². The van der Waals surface area contributed by atoms with Crippen LogP contribution in [0.3, 0.4) is 0 Å². The number of rotatable bonds is 6. The van der Waals surface area contributed by atoms with Gasteiger partial charge in [0.25, 0.3) is 0 Å². The van der Waals surface area contributed by atoms with Crippen LogP contribution in [0.15, 0.2) is 52.3 Å². The van der Waals surface area contributed by atoms with Gasteiger partial charge in [-0.3, -0.25) is 9.69 Å². The van der Waals surface area contributed by atoms with Crippen LogP contribution in [0.1, 0.15) is 24.8 Å². The summed E-state index contributed by atoms with van der Waals surface area (Å²) in [5.74, 6) is 0.916. The van der Waals surface area contributed by atoms with Crippen LogP contribution < -0.4 is 10.0 Å². The number of halogens is 1. The van der Waals surface area contributed by atoms with Crippen molar-refractivity contribution in [2.24, 2.45) is 5.92 Å². The smallest absolute Gasteiger partial charge is 0.240 e. The minimum absolute atomic E-state index is 0.0849. The Bertz CT molecular complexity index is 1050. The molecule has 0 saturated carbocycles. The number of nitrogens with one attached hydrogen (secondary N) is 2. The zero-order chi connectivity index (χ0) is 21.8. The quantitative estimate of drug-likeness (QED) is 0.655. The molecule has 0 aromatic heterocycles. The van der Waals surface area contributed by atoms with E-state index in [0.717, 1.165) is 42.4 Å². The van der Waals surface area contributed by atoms with Gasteiger partial charge in [-0.2, -0.15) is 0 Å². The highest BCUT2D eigenvalue weighted by Crippen LogP contribution is 2.32. The molecule has 0 unspecified atom stereocenters. The van der Waals surface area contributed by atoms with Crippen molar-refractivity contribution in [1.82, 2.24) is 9.62 Å². The molecule has 2 heterocycles. The van der Waals surface area contributed by atoms with Crippen LogP contribution in [0.4, 0.5) is 5.69 Å². The number of nitrogens with zero attached hydrogens (tertiary/aromatic N) is 1. The topological polar surface area (TPSA) is 78.5 Å². The molecule has 0 atom stereocenters. The molecule has 0 aliphatic carbocycles. The number of benzene rings is 2. The number of carbonyl (C=O) groups excluding carboxylic acids is 1. The van der Waals surface area contributed by atoms with Crippen LogP contribution in [0.2, 0.25) is 5.02 Å². The van der Waals surface area contributed by atoms with Crippen LogP contribution in [0.5, 0.6) is 0 Å². The van der Waals surface area contributed by atoms with Gasteiger partial charge in [-0.1, -0.05) is 23.7 Å². The number of fused-ring (bicyclic) bond motifs is 1. The summed E-state index contributed by atoms with van der Waals surface area (Å²) in [5, 5.41) is 3.55. The lowest BCUT2D eigenvalue weighted by Crippen LogP contribution is -2.38. The fraction of sp³-hybridized carbons (Fsp3) is 0.409. The first-order valence-electron chi connectivity index (χ1n) is 10.4. The van der Waals surface area contributed by atoms with Gasteiger partial charge in [-0.15, -0.1) is 11.8 Å². The second kappa shape index (κ2) is 9.92. The summed E-state index contributed by atoms with van der Waals surface area (Å²) >= 11 is 7.63. The Hall–Kier alpha value is -1.58. The summed E-state index contributed by atoms with van der Waals surface area (Å²) < 4.78 is 28.4. The Labute approximate surface area is 192 Å². The van der Waals surface area contributed by atoms with Gasteiger partial charge in [0.05, 0.1) is 10.6 Å². The molecule has 31 heavy (non-hydrogen) atoms. The van der Waals surface area contributed by atoms with Gasteiger partial charge in [0.2, 0.25) is 15.9 Å². The standard InChI is InChI=1S/C22H26ClN3O3S2/c23-18-3-1-2-17(12-18)15-26-9-6-16(7-10-26)14-24-31(28,29)19-4-5-21-20(13-19)25-22(27)8-11-30-21/h1-5,12-13,16,24H,6-11,14-15H2,(H,25,27). The lowest BCUT2D eigenvalue weighted by molar-refractivity contribution is -0.115. The van der Waals surface area contributed by atoms with Crippen molar-refractivity contribution in [2.45, 2.75) is 35.6 Å². The van der Waals surface area contributed by atoms with E-state index in [2.05, 4.69) is 21.0 Å². The number of thioether (sulfide) groups is 1. The predicted octanol–water partition coefficient (Wildman–Crippen LogP) is 3.96. The van der Waals surface area contributed by atoms with Gasteiger partial charge >= 0.3 is 0 Å². The second-order valence-electron chi connectivity index (χ2n) is 8.01. The maximum Gasteiger partial charge on any atom is 0.240 e. The molecular weight excluding hydrogens is 454 g/mol. The number of likely N-dealkylation sites (tertiary alicyclic amines) is 1. The molecule has 2 aromatic carbocycles. The number of sulfonamides is 1. The fourth-order valence-corrected chi connectivity index (χ4v) is 6.21. The van der Waals surface area contributed by atoms with E-state index in [0.29, 0.717) is 30.3 Å². The molecule has 0 bridgehead atoms. The molecule has 0 spiro atoms. The number of hydrogen-bond acceptors (Lipinski definition) is 5. The van der Waals surface area contributed by atoms with Crippen molar-refractivity contribution in [2.75, 3.05) is 30.7 Å². The van der Waals surface area contributed by atoms with E-state index >= 15 is 0 Å². The van der Waals surface area contributed by atoms with E-state index in [-0.39, 0.29) is 10.8 Å². The number of amides is 1. The van der Waals surface area contributed by atoms with Crippen molar-refractivity contribution >= 4 is 45.0 Å². The zero-order valence-corrected chi connectivity index (χ0v) is 19.5. The van der Waals surface area contributed by atoms with Crippen molar-refractivity contribution in [3.05, 3.63) is 53.1 Å². The molecule has 4 rings (SSSR count). The summed E-state index contributed by atoms with van der Waals surface area (Å²) in [7, 11) is -3.63. The highest BCUT2D eigenvalue weighted by molar-refractivity contribution is 7.99. The Morgan fingerprint density at radius 1 is 1.16 bits per heavy atom. The predicted molar refractivity (Wildman–Crippen MR) is 125 cm³/mol. The highest BCUT2D eigenvalue weighted by atomic mass is 35.5. The summed E-state index contributed by atoms with van der Waals surface area (Å²) in [5.41, 5.74) is 1.77. The Kier molecular flexibility index (Phi) is 7.23. The minimum atomic E-state index is -3.63. The van der Waals surface area contributed by atoms with Crippen LogP contribution in [0, 0.1) is 5.92 Å². The van der Waals surface area contributed by atoms with Gasteiger partial charge in [0.15, 0.2) is 0 Å². The van der Waals surface area contributed by atoms with Crippen LogP contribution in [-0.2, 0) is 21.4 Å². The number of carbonyl (C=O) groups is 1. The molecule has 2 aromatic rings. The van der Waals surface area contributed by atoms with Crippen LogP contribution >= 0.6 is 23.4 Å². The fourth-order valence-electron chi connectivity index (χ4n) is 3.92. The van der Waals surface area contributed by atoms with Gasteiger partial charge in [-0.25, -0.2) is 13.1 Å². The van der Waals surface area contributed by atoms with Crippen molar-refractivity contribution < 1.29 is 13.2 Å². The molecule has 2 aliphatic rings. The van der Waals surface area contributed by atoms with Crippen LogP contribution in [-0.4, -0.2) is 44.6 Å². The second-order valence-corrected chi connectivity index (χ2v) is 11.3. The first-order chi connectivity index (χ1) is 14.9. The minimum Gasteiger partial charge on any atom is -0.325 e. The number of anilines is 1. The average Bonchev–Trinajstić information content (AvgIpc) is 2.93. The van der Waals surface area contributed by atoms with Crippen molar-refractivity contribution in [1.29, 1.82) is 0 Å². The van der Waals surface area contributed by atoms with E-state index in [1.54, 1.807) is 30.0 Å². The molecular formula is C22H26ClN3O3S2. The third-order valence-corrected chi connectivity index (χ3v) is 8.42. The largest absolute Gasteiger partial charge is 0.325 e. The first-order valence-corrected chi connectivity index (χ1v) is 13.3. The lowest BCUT2D eigenvalue weighted by Gasteiger charge is -2.32. The maximum atomic E-state index is 12.8. The molecule has 1 amide bonds. The zero-order valence-electron chi connectivity index (χ0n) is 17.1. The van der Waals surface area contributed by atoms with E-state index in [1.165, 1.54) is 5.56 Å². The summed E-state index contributed by atoms with van der Waals surface area (Å²) in [4.78, 5) is 15.3. The normalized spacial score (nSPS) is 18.3. The van der Waals surface area contributed by atoms with E-state index in [4.69, 9.17) is 11.6 Å². The van der Waals surface area contributed by atoms with E-state index in [1.807, 2.05) is 18.2 Å². The molecule has 166 valence electrons. The SMILES string of the molecule is O=C1CCSc2ccc(S(=O)(=O)NCC3CCN(Cc4cccc(Cl)c4)CC3)cc2N1. The van der Waals surface area contributed by atoms with Gasteiger partial charge in [0, 0.05) is 35.2 Å². The molecule has 6 nitrogen and oxygen atoms in total. The lowest BCUT2D eigenvalue weighted by atomic mass is 9.97. The van der Waals surface area contributed by atoms with E-state index < -0.39 is 10.0 Å². The van der Waals surface area contributed by atoms with Gasteiger partial charge in [0.1, 0.15) is 0 Å². The van der Waals surface area contributed by atoms with E-state index in [9.17, 15) is 13.2 Å². The van der Waals surface area contributed by atoms with Gasteiger partial charge in [-0.05, 0) is 67.7 Å². The Morgan fingerprint density at radius 3 is 2.74 bits per heavy atom. The molecule has 0 radical (unpaired) electrons.